The summed E-state index contributed by atoms with van der Waals surface area (Å²) in [5, 5.41) is 1.13. The number of amides is 1. The van der Waals surface area contributed by atoms with E-state index in [-0.39, 0.29) is 30.7 Å². The number of aromatic nitrogens is 1. The summed E-state index contributed by atoms with van der Waals surface area (Å²) in [5.74, 6) is -0.370. The van der Waals surface area contributed by atoms with Crippen molar-refractivity contribution in [3.8, 4) is 0 Å². The Bertz CT molecular complexity index is 561. The Morgan fingerprint density at radius 2 is 1.82 bits per heavy atom. The van der Waals surface area contributed by atoms with Crippen LogP contribution in [0.5, 0.6) is 0 Å². The lowest BCUT2D eigenvalue weighted by atomic mass is 10.1. The van der Waals surface area contributed by atoms with Gasteiger partial charge in [0.25, 0.3) is 5.91 Å². The van der Waals surface area contributed by atoms with Crippen LogP contribution >= 0.6 is 24.8 Å². The van der Waals surface area contributed by atoms with Gasteiger partial charge in [0.15, 0.2) is 0 Å². The molecule has 1 heterocycles. The Balaban J connectivity index is 0.00000128. The average Bonchev–Trinajstić information content (AvgIpc) is 2.40. The minimum absolute atomic E-state index is 0. The van der Waals surface area contributed by atoms with Crippen LogP contribution in [0.4, 0.5) is 0 Å². The van der Waals surface area contributed by atoms with Crippen molar-refractivity contribution in [2.45, 2.75) is 13.8 Å². The minimum Gasteiger partial charge on any atom is -0.364 e. The Morgan fingerprint density at radius 3 is 2.29 bits per heavy atom. The van der Waals surface area contributed by atoms with Crippen molar-refractivity contribution < 1.29 is 4.79 Å². The Labute approximate surface area is 113 Å². The molecule has 2 rings (SSSR count). The summed E-state index contributed by atoms with van der Waals surface area (Å²) in [6, 6.07) is 6.03. The number of carbonyl (C=O) groups excluding carboxylic acids is 1. The van der Waals surface area contributed by atoms with Crippen LogP contribution in [-0.4, -0.2) is 10.5 Å². The molecule has 2 N–H and O–H groups in total. The van der Waals surface area contributed by atoms with E-state index < -0.39 is 0 Å². The fourth-order valence-corrected chi connectivity index (χ4v) is 2.26. The normalized spacial score (nSPS) is 9.59. The van der Waals surface area contributed by atoms with Crippen molar-refractivity contribution in [3.63, 3.8) is 0 Å². The predicted molar refractivity (Wildman–Crippen MR) is 75.4 cm³/mol. The zero-order chi connectivity index (χ0) is 11.2. The average molecular weight is 275 g/mol. The summed E-state index contributed by atoms with van der Waals surface area (Å²) < 4.78 is 1.86. The van der Waals surface area contributed by atoms with Crippen LogP contribution in [0.2, 0.25) is 0 Å². The summed E-state index contributed by atoms with van der Waals surface area (Å²) >= 11 is 0. The van der Waals surface area contributed by atoms with Crippen molar-refractivity contribution in [2.75, 3.05) is 0 Å². The monoisotopic (exact) mass is 274 g/mol. The van der Waals surface area contributed by atoms with Gasteiger partial charge in [0.1, 0.15) is 5.69 Å². The molecule has 5 heteroatoms. The van der Waals surface area contributed by atoms with Crippen LogP contribution in [0.1, 0.15) is 21.6 Å². The molecule has 0 aliphatic carbocycles. The molecule has 0 unspecified atom stereocenters. The lowest BCUT2D eigenvalue weighted by Gasteiger charge is -1.99. The van der Waals surface area contributed by atoms with Gasteiger partial charge in [0, 0.05) is 18.0 Å². The molecule has 0 spiro atoms. The van der Waals surface area contributed by atoms with Gasteiger partial charge < -0.3 is 10.3 Å². The molecule has 1 aromatic carbocycles. The second-order valence-electron chi connectivity index (χ2n) is 3.87. The van der Waals surface area contributed by atoms with E-state index >= 15 is 0 Å². The molecule has 0 aliphatic heterocycles. The van der Waals surface area contributed by atoms with Gasteiger partial charge in [-0.3, -0.25) is 4.79 Å². The topological polar surface area (TPSA) is 48.0 Å². The van der Waals surface area contributed by atoms with Crippen LogP contribution < -0.4 is 5.73 Å². The predicted octanol–water partition coefficient (Wildman–Crippen LogP) is 2.74. The zero-order valence-electron chi connectivity index (χ0n) is 9.98. The van der Waals surface area contributed by atoms with E-state index in [1.165, 1.54) is 5.56 Å². The molecule has 0 atom stereocenters. The number of carbonyl (C=O) groups is 1. The number of nitrogens with zero attached hydrogens (tertiary/aromatic N) is 1. The first-order valence-corrected chi connectivity index (χ1v) is 4.88. The maximum atomic E-state index is 11.3. The van der Waals surface area contributed by atoms with Crippen molar-refractivity contribution in [3.05, 3.63) is 35.0 Å². The van der Waals surface area contributed by atoms with E-state index in [0.29, 0.717) is 5.69 Å². The zero-order valence-corrected chi connectivity index (χ0v) is 11.6. The molecule has 1 aromatic heterocycles. The largest absolute Gasteiger partial charge is 0.364 e. The molecule has 0 saturated carbocycles. The summed E-state index contributed by atoms with van der Waals surface area (Å²) in [4.78, 5) is 11.3. The van der Waals surface area contributed by atoms with E-state index in [1.807, 2.05) is 43.7 Å². The molecular weight excluding hydrogens is 259 g/mol. The lowest BCUT2D eigenvalue weighted by molar-refractivity contribution is 0.0992. The van der Waals surface area contributed by atoms with Gasteiger partial charge in [-0.25, -0.2) is 0 Å². The van der Waals surface area contributed by atoms with Gasteiger partial charge in [-0.2, -0.15) is 0 Å². The number of hydrogen-bond acceptors (Lipinski definition) is 1. The lowest BCUT2D eigenvalue weighted by Crippen LogP contribution is -2.16. The molecule has 17 heavy (non-hydrogen) atoms. The quantitative estimate of drug-likeness (QED) is 0.854. The number of halogens is 2. The molecule has 0 fully saturated rings. The van der Waals surface area contributed by atoms with Gasteiger partial charge in [-0.15, -0.1) is 24.8 Å². The fraction of sp³-hybridized carbons (Fsp3) is 0.250. The highest BCUT2D eigenvalue weighted by atomic mass is 35.5. The summed E-state index contributed by atoms with van der Waals surface area (Å²) in [6.45, 7) is 3.98. The van der Waals surface area contributed by atoms with Crippen molar-refractivity contribution in [1.29, 1.82) is 0 Å². The third-order valence-electron chi connectivity index (χ3n) is 2.91. The summed E-state index contributed by atoms with van der Waals surface area (Å²) in [7, 11) is 1.87. The van der Waals surface area contributed by atoms with Crippen molar-refractivity contribution in [1.82, 2.24) is 4.57 Å². The van der Waals surface area contributed by atoms with E-state index in [0.717, 1.165) is 16.5 Å². The second-order valence-corrected chi connectivity index (χ2v) is 3.87. The number of nitrogens with two attached hydrogens (primary N) is 1. The van der Waals surface area contributed by atoms with Gasteiger partial charge in [-0.1, -0.05) is 12.1 Å². The highest BCUT2D eigenvalue weighted by Gasteiger charge is 2.16. The number of primary amides is 1. The molecule has 3 nitrogen and oxygen atoms in total. The van der Waals surface area contributed by atoms with Gasteiger partial charge in [0.2, 0.25) is 0 Å². The Hall–Kier alpha value is -1.19. The highest BCUT2D eigenvalue weighted by Crippen LogP contribution is 2.26. The van der Waals surface area contributed by atoms with Gasteiger partial charge in [0.05, 0.1) is 0 Å². The molecular formula is C12H16Cl2N2O. The molecule has 0 aliphatic rings. The first-order chi connectivity index (χ1) is 7.04. The molecule has 0 bridgehead atoms. The number of hydrogen-bond donors (Lipinski definition) is 1. The van der Waals surface area contributed by atoms with E-state index in [9.17, 15) is 4.79 Å². The maximum Gasteiger partial charge on any atom is 0.265 e. The maximum absolute atomic E-state index is 11.3. The van der Waals surface area contributed by atoms with Crippen LogP contribution in [0.15, 0.2) is 18.2 Å². The van der Waals surface area contributed by atoms with Crippen LogP contribution in [0.3, 0.4) is 0 Å². The van der Waals surface area contributed by atoms with E-state index in [1.54, 1.807) is 0 Å². The van der Waals surface area contributed by atoms with Gasteiger partial charge >= 0.3 is 0 Å². The van der Waals surface area contributed by atoms with E-state index in [2.05, 4.69) is 0 Å². The van der Waals surface area contributed by atoms with Gasteiger partial charge in [-0.05, 0) is 31.0 Å². The SMILES string of the molecule is Cc1cccc2c1c(C)c(C(N)=O)n2C.Cl.Cl. The summed E-state index contributed by atoms with van der Waals surface area (Å²) in [6.07, 6.45) is 0. The van der Waals surface area contributed by atoms with Crippen molar-refractivity contribution in [2.24, 2.45) is 12.8 Å². The number of fused-ring (bicyclic) bond motifs is 1. The van der Waals surface area contributed by atoms with Crippen LogP contribution in [-0.2, 0) is 7.05 Å². The van der Waals surface area contributed by atoms with Crippen LogP contribution in [0.25, 0.3) is 10.9 Å². The Kier molecular flexibility index (Phi) is 5.05. The number of rotatable bonds is 1. The first kappa shape index (κ1) is 15.8. The third kappa shape index (κ3) is 2.26. The second kappa shape index (κ2) is 5.43. The van der Waals surface area contributed by atoms with E-state index in [4.69, 9.17) is 5.73 Å². The Morgan fingerprint density at radius 1 is 1.24 bits per heavy atom. The van der Waals surface area contributed by atoms with Crippen molar-refractivity contribution >= 4 is 41.6 Å². The molecule has 94 valence electrons. The van der Waals surface area contributed by atoms with Crippen LogP contribution in [0, 0.1) is 13.8 Å². The number of aryl methyl sites for hydroxylation is 3. The number of benzene rings is 1. The first-order valence-electron chi connectivity index (χ1n) is 4.88. The minimum atomic E-state index is -0.370. The third-order valence-corrected chi connectivity index (χ3v) is 2.91. The molecule has 0 saturated heterocycles. The fourth-order valence-electron chi connectivity index (χ4n) is 2.26. The molecule has 1 amide bonds. The molecule has 2 aromatic rings. The standard InChI is InChI=1S/C12H14N2O.2ClH/c1-7-5-4-6-9-10(7)8(2)11(12(13)15)14(9)3;;/h4-6H,1-3H3,(H2,13,15);2*1H. The smallest absolute Gasteiger partial charge is 0.265 e. The molecule has 0 radical (unpaired) electrons. The summed E-state index contributed by atoms with van der Waals surface area (Å²) in [5.41, 5.74) is 9.17. The highest BCUT2D eigenvalue weighted by molar-refractivity contribution is 6.01.